The summed E-state index contributed by atoms with van der Waals surface area (Å²) in [5, 5.41) is 6.54. The van der Waals surface area contributed by atoms with Gasteiger partial charge in [-0.25, -0.2) is 15.0 Å². The summed E-state index contributed by atoms with van der Waals surface area (Å²) >= 11 is 0. The predicted octanol–water partition coefficient (Wildman–Crippen LogP) is 3.47. The first-order chi connectivity index (χ1) is 14.3. The summed E-state index contributed by atoms with van der Waals surface area (Å²) in [6.07, 6.45) is 3.93. The first kappa shape index (κ1) is 25.4. The molecule has 1 unspecified atom stereocenters. The molecule has 3 rings (SSSR count). The van der Waals surface area contributed by atoms with E-state index in [9.17, 15) is 0 Å². The Bertz CT molecular complexity index is 831. The molecule has 3 heterocycles. The van der Waals surface area contributed by atoms with Crippen LogP contribution < -0.4 is 15.5 Å². The van der Waals surface area contributed by atoms with Crippen LogP contribution in [0, 0.1) is 0 Å². The highest BCUT2D eigenvalue weighted by Gasteiger charge is 2.19. The predicted molar refractivity (Wildman–Crippen MR) is 134 cm³/mol. The third-order valence-electron chi connectivity index (χ3n) is 4.84. The van der Waals surface area contributed by atoms with Gasteiger partial charge in [0.2, 0.25) is 5.89 Å². The third kappa shape index (κ3) is 7.64. The van der Waals surface area contributed by atoms with E-state index in [-0.39, 0.29) is 35.5 Å². The number of aromatic nitrogens is 2. The summed E-state index contributed by atoms with van der Waals surface area (Å²) in [4.78, 5) is 15.9. The van der Waals surface area contributed by atoms with Crippen LogP contribution in [0.25, 0.3) is 0 Å². The van der Waals surface area contributed by atoms with Gasteiger partial charge in [0.1, 0.15) is 11.6 Å². The second kappa shape index (κ2) is 11.7. The Morgan fingerprint density at radius 1 is 1.23 bits per heavy atom. The van der Waals surface area contributed by atoms with E-state index in [1.165, 1.54) is 0 Å². The number of ether oxygens (including phenoxy) is 1. The van der Waals surface area contributed by atoms with E-state index in [0.717, 1.165) is 49.3 Å². The van der Waals surface area contributed by atoms with Gasteiger partial charge in [-0.15, -0.1) is 24.0 Å². The van der Waals surface area contributed by atoms with Gasteiger partial charge in [-0.05, 0) is 25.5 Å². The molecule has 1 atom stereocenters. The number of nitrogens with one attached hydrogen (secondary N) is 2. The lowest BCUT2D eigenvalue weighted by Gasteiger charge is -2.32. The van der Waals surface area contributed by atoms with Crippen LogP contribution in [-0.4, -0.2) is 48.3 Å². The average Bonchev–Trinajstić information content (AvgIpc) is 3.20. The zero-order valence-electron chi connectivity index (χ0n) is 19.1. The molecular formula is C22H35IN6O2. The second-order valence-electron chi connectivity index (χ2n) is 8.57. The minimum atomic E-state index is -0.0533. The first-order valence-corrected chi connectivity index (χ1v) is 10.6. The average molecular weight is 542 g/mol. The molecule has 0 radical (unpaired) electrons. The van der Waals surface area contributed by atoms with Crippen molar-refractivity contribution in [3.8, 4) is 0 Å². The van der Waals surface area contributed by atoms with E-state index in [1.54, 1.807) is 6.20 Å². The number of anilines is 1. The highest BCUT2D eigenvalue weighted by Crippen LogP contribution is 2.22. The summed E-state index contributed by atoms with van der Waals surface area (Å²) in [6, 6.07) is 4.14. The number of morpholine rings is 1. The van der Waals surface area contributed by atoms with Gasteiger partial charge in [-0.2, -0.15) is 0 Å². The van der Waals surface area contributed by atoms with Crippen LogP contribution in [0.4, 0.5) is 5.82 Å². The molecule has 1 saturated heterocycles. The number of halogens is 1. The second-order valence-corrected chi connectivity index (χ2v) is 8.57. The van der Waals surface area contributed by atoms with Crippen LogP contribution in [0.1, 0.15) is 51.8 Å². The smallest absolute Gasteiger partial charge is 0.213 e. The molecule has 8 nitrogen and oxygen atoms in total. The van der Waals surface area contributed by atoms with Gasteiger partial charge in [-0.3, -0.25) is 0 Å². The Hall–Kier alpha value is -1.88. The van der Waals surface area contributed by atoms with E-state index >= 15 is 0 Å². The zero-order valence-corrected chi connectivity index (χ0v) is 21.5. The van der Waals surface area contributed by atoms with Crippen molar-refractivity contribution in [1.29, 1.82) is 0 Å². The summed E-state index contributed by atoms with van der Waals surface area (Å²) in [6.45, 7) is 14.7. The molecule has 0 bridgehead atoms. The molecule has 0 amide bonds. The quantitative estimate of drug-likeness (QED) is 0.329. The number of oxazole rings is 1. The van der Waals surface area contributed by atoms with Crippen molar-refractivity contribution in [2.24, 2.45) is 4.99 Å². The Morgan fingerprint density at radius 3 is 2.65 bits per heavy atom. The Balaban J connectivity index is 0.00000341. The molecule has 0 aromatic carbocycles. The lowest BCUT2D eigenvalue weighted by Crippen LogP contribution is -2.41. The third-order valence-corrected chi connectivity index (χ3v) is 4.84. The van der Waals surface area contributed by atoms with Crippen molar-refractivity contribution >= 4 is 35.8 Å². The lowest BCUT2D eigenvalue weighted by molar-refractivity contribution is 0.0529. The molecule has 1 aliphatic heterocycles. The van der Waals surface area contributed by atoms with E-state index < -0.39 is 0 Å². The molecular weight excluding hydrogens is 507 g/mol. The minimum Gasteiger partial charge on any atom is -0.443 e. The molecule has 1 aliphatic rings. The zero-order chi connectivity index (χ0) is 21.6. The fraction of sp³-hybridized carbons (Fsp3) is 0.591. The highest BCUT2D eigenvalue weighted by molar-refractivity contribution is 14.0. The van der Waals surface area contributed by atoms with Gasteiger partial charge in [0.25, 0.3) is 0 Å². The molecule has 172 valence electrons. The molecule has 0 aliphatic carbocycles. The minimum absolute atomic E-state index is 0. The maximum atomic E-state index is 5.84. The van der Waals surface area contributed by atoms with E-state index in [4.69, 9.17) is 9.15 Å². The fourth-order valence-electron chi connectivity index (χ4n) is 3.13. The molecule has 2 aromatic heterocycles. The first-order valence-electron chi connectivity index (χ1n) is 10.6. The molecule has 2 aromatic rings. The summed E-state index contributed by atoms with van der Waals surface area (Å²) in [7, 11) is 0. The molecule has 31 heavy (non-hydrogen) atoms. The van der Waals surface area contributed by atoms with E-state index in [1.807, 2.05) is 13.1 Å². The van der Waals surface area contributed by atoms with Crippen molar-refractivity contribution in [2.75, 3.05) is 31.1 Å². The normalized spacial score (nSPS) is 17.3. The van der Waals surface area contributed by atoms with Crippen LogP contribution in [0.5, 0.6) is 0 Å². The maximum absolute atomic E-state index is 5.84. The van der Waals surface area contributed by atoms with Gasteiger partial charge in [-0.1, -0.05) is 26.8 Å². The molecule has 1 fully saturated rings. The van der Waals surface area contributed by atoms with Crippen molar-refractivity contribution in [3.05, 3.63) is 41.7 Å². The van der Waals surface area contributed by atoms with Crippen LogP contribution in [-0.2, 0) is 23.2 Å². The van der Waals surface area contributed by atoms with Gasteiger partial charge in [0, 0.05) is 31.2 Å². The highest BCUT2D eigenvalue weighted by atomic mass is 127. The number of rotatable bonds is 6. The number of pyridine rings is 1. The molecule has 2 N–H and O–H groups in total. The Kier molecular flexibility index (Phi) is 9.54. The molecule has 0 saturated carbocycles. The summed E-state index contributed by atoms with van der Waals surface area (Å²) in [5.41, 5.74) is 1.01. The molecule has 9 heteroatoms. The van der Waals surface area contributed by atoms with E-state index in [2.05, 4.69) is 70.3 Å². The summed E-state index contributed by atoms with van der Waals surface area (Å²) < 4.78 is 11.4. The van der Waals surface area contributed by atoms with E-state index in [0.29, 0.717) is 19.0 Å². The van der Waals surface area contributed by atoms with Crippen LogP contribution >= 0.6 is 24.0 Å². The van der Waals surface area contributed by atoms with Gasteiger partial charge >= 0.3 is 0 Å². The van der Waals surface area contributed by atoms with Gasteiger partial charge < -0.3 is 24.7 Å². The lowest BCUT2D eigenvalue weighted by atomic mass is 9.94. The monoisotopic (exact) mass is 542 g/mol. The van der Waals surface area contributed by atoms with Crippen molar-refractivity contribution in [3.63, 3.8) is 0 Å². The number of hydrogen-bond acceptors (Lipinski definition) is 6. The Morgan fingerprint density at radius 2 is 2.03 bits per heavy atom. The van der Waals surface area contributed by atoms with Crippen LogP contribution in [0.15, 0.2) is 33.9 Å². The van der Waals surface area contributed by atoms with Crippen LogP contribution in [0.3, 0.4) is 0 Å². The van der Waals surface area contributed by atoms with Gasteiger partial charge in [0.15, 0.2) is 5.96 Å². The maximum Gasteiger partial charge on any atom is 0.213 e. The van der Waals surface area contributed by atoms with Crippen molar-refractivity contribution < 1.29 is 9.15 Å². The van der Waals surface area contributed by atoms with Gasteiger partial charge in [0.05, 0.1) is 32.0 Å². The fourth-order valence-corrected chi connectivity index (χ4v) is 3.13. The standard InChI is InChI=1S/C22H34N6O2.HI/c1-6-23-21(27-14-20-25-13-18(30-20)22(3,4)5)26-12-17-7-8-19(24-11-17)28-9-10-29-16(2)15-28;/h7-8,11,13,16H,6,9-10,12,14-15H2,1-5H3,(H2,23,26,27);1H. The number of guanidine groups is 1. The summed E-state index contributed by atoms with van der Waals surface area (Å²) in [5.74, 6) is 3.24. The van der Waals surface area contributed by atoms with Crippen molar-refractivity contribution in [1.82, 2.24) is 20.6 Å². The SMILES string of the molecule is CCNC(=NCc1ccc(N2CCOC(C)C2)nc1)NCc1ncc(C(C)(C)C)o1.I. The van der Waals surface area contributed by atoms with Crippen LogP contribution in [0.2, 0.25) is 0 Å². The molecule has 0 spiro atoms. The van der Waals surface area contributed by atoms with Crippen molar-refractivity contribution in [2.45, 2.75) is 59.2 Å². The number of hydrogen-bond donors (Lipinski definition) is 2. The Labute approximate surface area is 202 Å². The number of nitrogens with zero attached hydrogens (tertiary/aromatic N) is 4. The largest absolute Gasteiger partial charge is 0.443 e. The topological polar surface area (TPSA) is 87.8 Å². The number of aliphatic imine (C=N–C) groups is 1.